The molecule has 0 saturated carbocycles. The van der Waals surface area contributed by atoms with Crippen LogP contribution in [0.25, 0.3) is 0 Å². The van der Waals surface area contributed by atoms with Crippen molar-refractivity contribution < 1.29 is 5.11 Å². The van der Waals surface area contributed by atoms with Gasteiger partial charge in [0.15, 0.2) is 0 Å². The van der Waals surface area contributed by atoms with Crippen molar-refractivity contribution in [3.05, 3.63) is 53.9 Å². The molecule has 1 heterocycles. The van der Waals surface area contributed by atoms with Crippen molar-refractivity contribution in [2.45, 2.75) is 6.10 Å². The Kier molecular flexibility index (Phi) is 3.96. The van der Waals surface area contributed by atoms with E-state index in [1.807, 2.05) is 6.07 Å². The maximum absolute atomic E-state index is 10.0. The van der Waals surface area contributed by atoms with Gasteiger partial charge in [0.25, 0.3) is 0 Å². The van der Waals surface area contributed by atoms with Crippen molar-refractivity contribution >= 4 is 11.4 Å². The first-order valence-electron chi connectivity index (χ1n) is 5.82. The summed E-state index contributed by atoms with van der Waals surface area (Å²) in [5.41, 5.74) is 8.13. The van der Waals surface area contributed by atoms with E-state index >= 15 is 0 Å². The molecule has 2 aromatic rings. The number of nitrogens with two attached hydrogens (primary N) is 1. The van der Waals surface area contributed by atoms with Crippen molar-refractivity contribution in [2.75, 3.05) is 17.6 Å². The lowest BCUT2D eigenvalue weighted by atomic mass is 10.1. The predicted molar refractivity (Wildman–Crippen MR) is 73.3 cm³/mol. The molecule has 0 aliphatic rings. The first-order chi connectivity index (χ1) is 9.19. The predicted octanol–water partition coefficient (Wildman–Crippen LogP) is 1.68. The number of hydrogen-bond acceptors (Lipinski definition) is 5. The molecule has 1 aromatic heterocycles. The maximum Gasteiger partial charge on any atom is 0.142 e. The molecule has 1 unspecified atom stereocenters. The smallest absolute Gasteiger partial charge is 0.142 e. The second kappa shape index (κ2) is 5.85. The summed E-state index contributed by atoms with van der Waals surface area (Å²) in [4.78, 5) is 3.88. The number of nitrogens with one attached hydrogen (secondary N) is 1. The minimum atomic E-state index is -0.640. The van der Waals surface area contributed by atoms with E-state index in [0.717, 1.165) is 11.3 Å². The number of pyridine rings is 1. The molecule has 5 nitrogen and oxygen atoms in total. The minimum Gasteiger partial charge on any atom is -0.399 e. The number of benzene rings is 1. The van der Waals surface area contributed by atoms with Crippen LogP contribution in [0, 0.1) is 11.3 Å². The Morgan fingerprint density at radius 3 is 2.74 bits per heavy atom. The number of nitriles is 1. The average Bonchev–Trinajstić information content (AvgIpc) is 2.46. The first kappa shape index (κ1) is 12.9. The molecule has 96 valence electrons. The molecule has 0 spiro atoms. The van der Waals surface area contributed by atoms with Gasteiger partial charge in [-0.25, -0.2) is 4.98 Å². The second-order valence-electron chi connectivity index (χ2n) is 4.10. The molecule has 0 saturated heterocycles. The first-order valence-corrected chi connectivity index (χ1v) is 5.82. The van der Waals surface area contributed by atoms with E-state index in [1.165, 1.54) is 0 Å². The van der Waals surface area contributed by atoms with Crippen molar-refractivity contribution in [2.24, 2.45) is 0 Å². The Labute approximate surface area is 111 Å². The van der Waals surface area contributed by atoms with E-state index in [4.69, 9.17) is 11.0 Å². The largest absolute Gasteiger partial charge is 0.399 e. The molecule has 0 aliphatic carbocycles. The summed E-state index contributed by atoms with van der Waals surface area (Å²) < 4.78 is 0. The fourth-order valence-electron chi connectivity index (χ4n) is 1.65. The molecule has 0 amide bonds. The molecule has 19 heavy (non-hydrogen) atoms. The summed E-state index contributed by atoms with van der Waals surface area (Å²) in [6.07, 6.45) is 0.913. The Morgan fingerprint density at radius 2 is 2.05 bits per heavy atom. The van der Waals surface area contributed by atoms with Gasteiger partial charge >= 0.3 is 0 Å². The van der Waals surface area contributed by atoms with Gasteiger partial charge in [0, 0.05) is 24.1 Å². The molecule has 1 aromatic carbocycles. The Morgan fingerprint density at radius 1 is 1.32 bits per heavy atom. The van der Waals surface area contributed by atoms with Gasteiger partial charge in [-0.1, -0.05) is 12.1 Å². The van der Waals surface area contributed by atoms with Crippen LogP contribution in [0.15, 0.2) is 42.6 Å². The third-order valence-electron chi connectivity index (χ3n) is 2.70. The highest BCUT2D eigenvalue weighted by atomic mass is 16.3. The lowest BCUT2D eigenvalue weighted by Crippen LogP contribution is -2.12. The number of nitrogen functional groups attached to an aromatic ring is 1. The van der Waals surface area contributed by atoms with Crippen LogP contribution in [0.5, 0.6) is 0 Å². The number of nitrogens with zero attached hydrogens (tertiary/aromatic N) is 2. The third-order valence-corrected chi connectivity index (χ3v) is 2.70. The van der Waals surface area contributed by atoms with Gasteiger partial charge in [-0.05, 0) is 29.8 Å². The number of aromatic nitrogens is 1. The average molecular weight is 254 g/mol. The van der Waals surface area contributed by atoms with Crippen LogP contribution in [-0.2, 0) is 0 Å². The topological polar surface area (TPSA) is 95.0 Å². The fourth-order valence-corrected chi connectivity index (χ4v) is 1.65. The number of aliphatic hydroxyl groups excluding tert-OH is 1. The van der Waals surface area contributed by atoms with Gasteiger partial charge in [0.1, 0.15) is 11.8 Å². The summed E-state index contributed by atoms with van der Waals surface area (Å²) in [6, 6.07) is 12.4. The van der Waals surface area contributed by atoms with Crippen LogP contribution >= 0.6 is 0 Å². The van der Waals surface area contributed by atoms with E-state index in [2.05, 4.69) is 10.3 Å². The van der Waals surface area contributed by atoms with E-state index < -0.39 is 6.10 Å². The van der Waals surface area contributed by atoms with Crippen molar-refractivity contribution in [1.29, 1.82) is 5.26 Å². The quantitative estimate of drug-likeness (QED) is 0.721. The molecule has 0 radical (unpaired) electrons. The zero-order valence-corrected chi connectivity index (χ0v) is 10.2. The number of rotatable bonds is 4. The monoisotopic (exact) mass is 254 g/mol. The molecule has 1 atom stereocenters. The van der Waals surface area contributed by atoms with Crippen LogP contribution in [0.4, 0.5) is 11.4 Å². The fraction of sp³-hybridized carbons (Fsp3) is 0.143. The highest BCUT2D eigenvalue weighted by Gasteiger charge is 2.07. The van der Waals surface area contributed by atoms with Crippen LogP contribution < -0.4 is 11.1 Å². The van der Waals surface area contributed by atoms with Gasteiger partial charge in [0.05, 0.1) is 6.10 Å². The summed E-state index contributed by atoms with van der Waals surface area (Å²) in [6.45, 7) is 0.346. The normalized spacial score (nSPS) is 11.6. The van der Waals surface area contributed by atoms with Gasteiger partial charge in [0.2, 0.25) is 0 Å². The van der Waals surface area contributed by atoms with E-state index in [-0.39, 0.29) is 0 Å². The van der Waals surface area contributed by atoms with Crippen molar-refractivity contribution in [1.82, 2.24) is 4.98 Å². The molecular formula is C14H14N4O. The van der Waals surface area contributed by atoms with Crippen LogP contribution in [-0.4, -0.2) is 16.6 Å². The third kappa shape index (κ3) is 3.44. The summed E-state index contributed by atoms with van der Waals surface area (Å²) in [5, 5.41) is 21.8. The number of aliphatic hydroxyl groups is 1. The molecule has 5 heteroatoms. The Bertz CT molecular complexity index is 589. The minimum absolute atomic E-state index is 0.340. The molecular weight excluding hydrogens is 240 g/mol. The SMILES string of the molecule is N#Cc1cc(NCC(O)c2ccc(N)cc2)ccn1. The number of hydrogen-bond donors (Lipinski definition) is 3. The van der Waals surface area contributed by atoms with Gasteiger partial charge in [-0.3, -0.25) is 0 Å². The van der Waals surface area contributed by atoms with Gasteiger partial charge in [-0.2, -0.15) is 5.26 Å². The van der Waals surface area contributed by atoms with Crippen LogP contribution in [0.2, 0.25) is 0 Å². The lowest BCUT2D eigenvalue weighted by Gasteiger charge is -2.13. The van der Waals surface area contributed by atoms with Crippen LogP contribution in [0.3, 0.4) is 0 Å². The standard InChI is InChI=1S/C14H14N4O/c15-8-13-7-12(5-6-17-13)18-9-14(19)10-1-3-11(16)4-2-10/h1-7,14,19H,9,16H2,(H,17,18). The summed E-state index contributed by atoms with van der Waals surface area (Å²) in [7, 11) is 0. The van der Waals surface area contributed by atoms with Crippen LogP contribution in [0.1, 0.15) is 17.4 Å². The summed E-state index contributed by atoms with van der Waals surface area (Å²) >= 11 is 0. The maximum atomic E-state index is 10.0. The zero-order valence-electron chi connectivity index (χ0n) is 10.2. The number of anilines is 2. The van der Waals surface area contributed by atoms with Gasteiger partial charge in [-0.15, -0.1) is 0 Å². The molecule has 4 N–H and O–H groups in total. The van der Waals surface area contributed by atoms with Crippen molar-refractivity contribution in [3.8, 4) is 6.07 Å². The Hall–Kier alpha value is -2.58. The molecule has 0 aliphatic heterocycles. The molecule has 0 fully saturated rings. The Balaban J connectivity index is 1.98. The highest BCUT2D eigenvalue weighted by Crippen LogP contribution is 2.16. The van der Waals surface area contributed by atoms with Crippen molar-refractivity contribution in [3.63, 3.8) is 0 Å². The zero-order chi connectivity index (χ0) is 13.7. The molecule has 0 bridgehead atoms. The van der Waals surface area contributed by atoms with E-state index in [9.17, 15) is 5.11 Å². The lowest BCUT2D eigenvalue weighted by molar-refractivity contribution is 0.191. The second-order valence-corrected chi connectivity index (χ2v) is 4.10. The molecule has 2 rings (SSSR count). The van der Waals surface area contributed by atoms with E-state index in [0.29, 0.717) is 17.9 Å². The highest BCUT2D eigenvalue weighted by molar-refractivity contribution is 5.46. The van der Waals surface area contributed by atoms with E-state index in [1.54, 1.807) is 42.6 Å². The summed E-state index contributed by atoms with van der Waals surface area (Å²) in [5.74, 6) is 0. The van der Waals surface area contributed by atoms with Gasteiger partial charge < -0.3 is 16.2 Å².